The lowest BCUT2D eigenvalue weighted by atomic mass is 10.1. The van der Waals surface area contributed by atoms with Crippen LogP contribution in [0.1, 0.15) is 38.1 Å². The zero-order chi connectivity index (χ0) is 14.0. The minimum atomic E-state index is 0.222. The van der Waals surface area contributed by atoms with E-state index in [1.165, 1.54) is 5.56 Å². The van der Waals surface area contributed by atoms with Crippen molar-refractivity contribution in [3.63, 3.8) is 0 Å². The van der Waals surface area contributed by atoms with Gasteiger partial charge < -0.3 is 9.88 Å². The number of halogens is 1. The van der Waals surface area contributed by atoms with Crippen LogP contribution >= 0.6 is 11.6 Å². The Labute approximate surface area is 119 Å². The summed E-state index contributed by atoms with van der Waals surface area (Å²) in [6, 6.07) is 8.54. The lowest BCUT2D eigenvalue weighted by Gasteiger charge is -2.18. The van der Waals surface area contributed by atoms with Gasteiger partial charge in [0, 0.05) is 17.3 Å². The third-order valence-corrected chi connectivity index (χ3v) is 3.29. The van der Waals surface area contributed by atoms with Gasteiger partial charge in [0.25, 0.3) is 0 Å². The molecule has 0 bridgehead atoms. The highest BCUT2D eigenvalue weighted by Crippen LogP contribution is 2.24. The average Bonchev–Trinajstić information content (AvgIpc) is 2.69. The van der Waals surface area contributed by atoms with Crippen molar-refractivity contribution < 1.29 is 0 Å². The van der Waals surface area contributed by atoms with Crippen molar-refractivity contribution in [3.8, 4) is 0 Å². The predicted octanol–water partition coefficient (Wildman–Crippen LogP) is 4.27. The predicted molar refractivity (Wildman–Crippen MR) is 81.0 cm³/mol. The first-order valence-corrected chi connectivity index (χ1v) is 6.92. The van der Waals surface area contributed by atoms with Gasteiger partial charge >= 0.3 is 0 Å². The molecule has 0 amide bonds. The standard InChI is InChI=1S/C15H20ClN3/c1-10(2)17-15-18-11(3)9-19(15)12(4)13-5-7-14(16)8-6-13/h5-10,12H,1-4H3,(H,17,18). The fourth-order valence-corrected chi connectivity index (χ4v) is 2.20. The molecular weight excluding hydrogens is 258 g/mol. The van der Waals surface area contributed by atoms with E-state index >= 15 is 0 Å². The number of imidazole rings is 1. The van der Waals surface area contributed by atoms with Gasteiger partial charge in [0.1, 0.15) is 0 Å². The minimum absolute atomic E-state index is 0.222. The van der Waals surface area contributed by atoms with Crippen LogP contribution in [0.4, 0.5) is 5.95 Å². The van der Waals surface area contributed by atoms with Crippen molar-refractivity contribution in [2.24, 2.45) is 0 Å². The van der Waals surface area contributed by atoms with Crippen molar-refractivity contribution in [1.29, 1.82) is 0 Å². The number of hydrogen-bond acceptors (Lipinski definition) is 2. The van der Waals surface area contributed by atoms with E-state index in [1.54, 1.807) is 0 Å². The summed E-state index contributed by atoms with van der Waals surface area (Å²) in [5.41, 5.74) is 2.23. The first-order chi connectivity index (χ1) is 8.97. The Morgan fingerprint density at radius 1 is 1.16 bits per heavy atom. The van der Waals surface area contributed by atoms with Crippen LogP contribution in [0.25, 0.3) is 0 Å². The fraction of sp³-hybridized carbons (Fsp3) is 0.400. The second kappa shape index (κ2) is 5.66. The molecule has 3 nitrogen and oxygen atoms in total. The molecule has 0 aliphatic carbocycles. The number of hydrogen-bond donors (Lipinski definition) is 1. The lowest BCUT2D eigenvalue weighted by Crippen LogP contribution is -2.16. The number of rotatable bonds is 4. The number of aryl methyl sites for hydroxylation is 1. The van der Waals surface area contributed by atoms with Gasteiger partial charge in [0.2, 0.25) is 5.95 Å². The number of nitrogens with zero attached hydrogens (tertiary/aromatic N) is 2. The van der Waals surface area contributed by atoms with E-state index in [1.807, 2.05) is 19.1 Å². The molecule has 0 aliphatic heterocycles. The van der Waals surface area contributed by atoms with Crippen LogP contribution in [0.5, 0.6) is 0 Å². The van der Waals surface area contributed by atoms with Crippen LogP contribution in [-0.2, 0) is 0 Å². The van der Waals surface area contributed by atoms with Crippen LogP contribution in [0, 0.1) is 6.92 Å². The molecule has 1 aromatic heterocycles. The topological polar surface area (TPSA) is 29.9 Å². The van der Waals surface area contributed by atoms with Crippen LogP contribution in [-0.4, -0.2) is 15.6 Å². The smallest absolute Gasteiger partial charge is 0.203 e. The van der Waals surface area contributed by atoms with E-state index in [9.17, 15) is 0 Å². The fourth-order valence-electron chi connectivity index (χ4n) is 2.08. The molecule has 1 heterocycles. The first-order valence-electron chi connectivity index (χ1n) is 6.55. The maximum atomic E-state index is 5.94. The van der Waals surface area contributed by atoms with Gasteiger partial charge in [-0.25, -0.2) is 4.98 Å². The van der Waals surface area contributed by atoms with Gasteiger partial charge in [-0.1, -0.05) is 23.7 Å². The van der Waals surface area contributed by atoms with E-state index in [-0.39, 0.29) is 6.04 Å². The Kier molecular flexibility index (Phi) is 4.15. The molecule has 0 aliphatic rings. The van der Waals surface area contributed by atoms with Gasteiger partial charge in [0.05, 0.1) is 11.7 Å². The highest BCUT2D eigenvalue weighted by molar-refractivity contribution is 6.30. The Morgan fingerprint density at radius 2 is 1.79 bits per heavy atom. The minimum Gasteiger partial charge on any atom is -0.353 e. The highest BCUT2D eigenvalue weighted by atomic mass is 35.5. The van der Waals surface area contributed by atoms with Crippen LogP contribution < -0.4 is 5.32 Å². The Balaban J connectivity index is 2.32. The highest BCUT2D eigenvalue weighted by Gasteiger charge is 2.14. The molecule has 1 aromatic carbocycles. The second-order valence-electron chi connectivity index (χ2n) is 5.14. The summed E-state index contributed by atoms with van der Waals surface area (Å²) in [5.74, 6) is 0.912. The van der Waals surface area contributed by atoms with E-state index in [0.717, 1.165) is 16.7 Å². The number of nitrogens with one attached hydrogen (secondary N) is 1. The molecule has 0 fully saturated rings. The zero-order valence-electron chi connectivity index (χ0n) is 11.8. The molecule has 1 unspecified atom stereocenters. The Bertz CT molecular complexity index is 543. The van der Waals surface area contributed by atoms with Crippen LogP contribution in [0.3, 0.4) is 0 Å². The average molecular weight is 278 g/mol. The maximum Gasteiger partial charge on any atom is 0.203 e. The molecule has 19 heavy (non-hydrogen) atoms. The maximum absolute atomic E-state index is 5.94. The molecular formula is C15H20ClN3. The molecule has 2 rings (SSSR count). The van der Waals surface area contributed by atoms with E-state index in [2.05, 4.69) is 54.0 Å². The lowest BCUT2D eigenvalue weighted by molar-refractivity contribution is 0.638. The number of benzene rings is 1. The van der Waals surface area contributed by atoms with Crippen molar-refractivity contribution in [2.45, 2.75) is 39.8 Å². The molecule has 1 N–H and O–H groups in total. The summed E-state index contributed by atoms with van der Waals surface area (Å²) in [6.45, 7) is 8.40. The van der Waals surface area contributed by atoms with Crippen molar-refractivity contribution in [3.05, 3.63) is 46.7 Å². The largest absolute Gasteiger partial charge is 0.353 e. The third kappa shape index (κ3) is 3.29. The summed E-state index contributed by atoms with van der Waals surface area (Å²) in [5, 5.41) is 4.14. The van der Waals surface area contributed by atoms with Crippen molar-refractivity contribution >= 4 is 17.5 Å². The van der Waals surface area contributed by atoms with Crippen molar-refractivity contribution in [2.75, 3.05) is 5.32 Å². The Hall–Kier alpha value is -1.48. The van der Waals surface area contributed by atoms with Gasteiger partial charge in [-0.3, -0.25) is 0 Å². The van der Waals surface area contributed by atoms with E-state index in [4.69, 9.17) is 11.6 Å². The summed E-state index contributed by atoms with van der Waals surface area (Å²) in [4.78, 5) is 4.54. The van der Waals surface area contributed by atoms with E-state index < -0.39 is 0 Å². The third-order valence-electron chi connectivity index (χ3n) is 3.04. The molecule has 0 radical (unpaired) electrons. The monoisotopic (exact) mass is 277 g/mol. The Morgan fingerprint density at radius 3 is 2.37 bits per heavy atom. The number of aromatic nitrogens is 2. The molecule has 0 saturated carbocycles. The molecule has 0 spiro atoms. The summed E-state index contributed by atoms with van der Waals surface area (Å²) >= 11 is 5.94. The SMILES string of the molecule is Cc1cn(C(C)c2ccc(Cl)cc2)c(NC(C)C)n1. The zero-order valence-corrected chi connectivity index (χ0v) is 12.6. The molecule has 2 aromatic rings. The van der Waals surface area contributed by atoms with Gasteiger partial charge in [-0.15, -0.1) is 0 Å². The van der Waals surface area contributed by atoms with E-state index in [0.29, 0.717) is 6.04 Å². The van der Waals surface area contributed by atoms with Crippen molar-refractivity contribution in [1.82, 2.24) is 9.55 Å². The summed E-state index contributed by atoms with van der Waals surface area (Å²) < 4.78 is 2.17. The molecule has 0 saturated heterocycles. The van der Waals surface area contributed by atoms with Gasteiger partial charge in [0.15, 0.2) is 0 Å². The second-order valence-corrected chi connectivity index (χ2v) is 5.58. The quantitative estimate of drug-likeness (QED) is 0.904. The van der Waals surface area contributed by atoms with Crippen LogP contribution in [0.15, 0.2) is 30.5 Å². The summed E-state index contributed by atoms with van der Waals surface area (Å²) in [6.07, 6.45) is 2.07. The normalized spacial score (nSPS) is 12.7. The molecule has 102 valence electrons. The molecule has 4 heteroatoms. The number of anilines is 1. The molecule has 1 atom stereocenters. The van der Waals surface area contributed by atoms with Crippen LogP contribution in [0.2, 0.25) is 5.02 Å². The van der Waals surface area contributed by atoms with Gasteiger partial charge in [-0.05, 0) is 45.4 Å². The summed E-state index contributed by atoms with van der Waals surface area (Å²) in [7, 11) is 0. The van der Waals surface area contributed by atoms with Gasteiger partial charge in [-0.2, -0.15) is 0 Å². The first kappa shape index (κ1) is 13.9.